The molecule has 1 unspecified atom stereocenters. The predicted molar refractivity (Wildman–Crippen MR) is 82.7 cm³/mol. The second kappa shape index (κ2) is 5.78. The van der Waals surface area contributed by atoms with Gasteiger partial charge in [0.05, 0.1) is 6.04 Å². The standard InChI is InChI=1S/C17H20N2O/c1-11-4-9-16(12(2)10-11)17(20)19-13(3)14-5-7-15(18)8-6-14/h4-10,13H,18H2,1-3H3,(H,19,20). The Morgan fingerprint density at radius 2 is 1.75 bits per heavy atom. The van der Waals surface area contributed by atoms with Crippen LogP contribution in [0.2, 0.25) is 0 Å². The maximum atomic E-state index is 12.3. The van der Waals surface area contributed by atoms with E-state index >= 15 is 0 Å². The van der Waals surface area contributed by atoms with Crippen molar-refractivity contribution < 1.29 is 4.79 Å². The summed E-state index contributed by atoms with van der Waals surface area (Å²) in [5.41, 5.74) is 10.3. The molecule has 3 N–H and O–H groups in total. The molecule has 3 nitrogen and oxygen atoms in total. The highest BCUT2D eigenvalue weighted by Gasteiger charge is 2.13. The van der Waals surface area contributed by atoms with Crippen LogP contribution in [0, 0.1) is 13.8 Å². The van der Waals surface area contributed by atoms with Crippen molar-refractivity contribution in [2.24, 2.45) is 0 Å². The predicted octanol–water partition coefficient (Wildman–Crippen LogP) is 3.38. The van der Waals surface area contributed by atoms with Gasteiger partial charge >= 0.3 is 0 Å². The van der Waals surface area contributed by atoms with E-state index in [2.05, 4.69) is 5.32 Å². The maximum Gasteiger partial charge on any atom is 0.252 e. The third-order valence-corrected chi connectivity index (χ3v) is 3.41. The Labute approximate surface area is 119 Å². The summed E-state index contributed by atoms with van der Waals surface area (Å²) < 4.78 is 0. The number of nitrogen functional groups attached to an aromatic ring is 1. The van der Waals surface area contributed by atoms with Gasteiger partial charge in [0.2, 0.25) is 0 Å². The molecule has 1 atom stereocenters. The molecule has 0 aliphatic rings. The number of hydrogen-bond donors (Lipinski definition) is 2. The molecule has 0 aliphatic carbocycles. The minimum absolute atomic E-state index is 0.0492. The largest absolute Gasteiger partial charge is 0.399 e. The number of nitrogens with two attached hydrogens (primary N) is 1. The highest BCUT2D eigenvalue weighted by atomic mass is 16.1. The Balaban J connectivity index is 2.13. The van der Waals surface area contributed by atoms with Crippen LogP contribution in [-0.4, -0.2) is 5.91 Å². The molecular weight excluding hydrogens is 248 g/mol. The SMILES string of the molecule is Cc1ccc(C(=O)NC(C)c2ccc(N)cc2)c(C)c1. The van der Waals surface area contributed by atoms with Gasteiger partial charge in [-0.1, -0.05) is 29.8 Å². The topological polar surface area (TPSA) is 55.1 Å². The number of nitrogens with one attached hydrogen (secondary N) is 1. The monoisotopic (exact) mass is 268 g/mol. The zero-order valence-corrected chi connectivity index (χ0v) is 12.1. The average molecular weight is 268 g/mol. The summed E-state index contributed by atoms with van der Waals surface area (Å²) in [7, 11) is 0. The molecule has 104 valence electrons. The molecule has 20 heavy (non-hydrogen) atoms. The molecule has 0 saturated heterocycles. The van der Waals surface area contributed by atoms with Gasteiger partial charge in [0.15, 0.2) is 0 Å². The summed E-state index contributed by atoms with van der Waals surface area (Å²) in [6, 6.07) is 13.3. The lowest BCUT2D eigenvalue weighted by Crippen LogP contribution is -2.27. The molecule has 1 amide bonds. The maximum absolute atomic E-state index is 12.3. The summed E-state index contributed by atoms with van der Waals surface area (Å²) in [6.07, 6.45) is 0. The Kier molecular flexibility index (Phi) is 4.08. The van der Waals surface area contributed by atoms with Gasteiger partial charge in [-0.25, -0.2) is 0 Å². The molecule has 0 spiro atoms. The van der Waals surface area contributed by atoms with Gasteiger partial charge in [-0.2, -0.15) is 0 Å². The van der Waals surface area contributed by atoms with E-state index in [1.165, 1.54) is 0 Å². The molecular formula is C17H20N2O. The number of rotatable bonds is 3. The molecule has 0 bridgehead atoms. The highest BCUT2D eigenvalue weighted by molar-refractivity contribution is 5.95. The number of carbonyl (C=O) groups is 1. The smallest absolute Gasteiger partial charge is 0.252 e. The number of hydrogen-bond acceptors (Lipinski definition) is 2. The van der Waals surface area contributed by atoms with Gasteiger partial charge in [-0.15, -0.1) is 0 Å². The second-order valence-electron chi connectivity index (χ2n) is 5.18. The molecule has 0 aliphatic heterocycles. The van der Waals surface area contributed by atoms with Gasteiger partial charge < -0.3 is 11.1 Å². The Hall–Kier alpha value is -2.29. The first-order chi connectivity index (χ1) is 9.47. The lowest BCUT2D eigenvalue weighted by atomic mass is 10.0. The Morgan fingerprint density at radius 1 is 1.10 bits per heavy atom. The molecule has 3 heteroatoms. The Morgan fingerprint density at radius 3 is 2.35 bits per heavy atom. The fourth-order valence-electron chi connectivity index (χ4n) is 2.21. The molecule has 0 heterocycles. The van der Waals surface area contributed by atoms with Gasteiger partial charge in [-0.05, 0) is 50.1 Å². The van der Waals surface area contributed by atoms with Crippen molar-refractivity contribution in [3.8, 4) is 0 Å². The van der Waals surface area contributed by atoms with Crippen LogP contribution in [0.5, 0.6) is 0 Å². The third kappa shape index (κ3) is 3.18. The van der Waals surface area contributed by atoms with E-state index in [-0.39, 0.29) is 11.9 Å². The summed E-state index contributed by atoms with van der Waals surface area (Å²) in [5, 5.41) is 3.01. The molecule has 0 radical (unpaired) electrons. The van der Waals surface area contributed by atoms with E-state index in [0.717, 1.165) is 27.9 Å². The fourth-order valence-corrected chi connectivity index (χ4v) is 2.21. The van der Waals surface area contributed by atoms with Crippen LogP contribution in [0.4, 0.5) is 5.69 Å². The van der Waals surface area contributed by atoms with Crippen molar-refractivity contribution in [1.82, 2.24) is 5.32 Å². The van der Waals surface area contributed by atoms with E-state index in [9.17, 15) is 4.79 Å². The lowest BCUT2D eigenvalue weighted by Gasteiger charge is -2.15. The first kappa shape index (κ1) is 14.1. The first-order valence-corrected chi connectivity index (χ1v) is 6.71. The molecule has 0 fully saturated rings. The third-order valence-electron chi connectivity index (χ3n) is 3.41. The zero-order chi connectivity index (χ0) is 14.7. The number of carbonyl (C=O) groups excluding carboxylic acids is 1. The van der Waals surface area contributed by atoms with Gasteiger partial charge in [-0.3, -0.25) is 4.79 Å². The van der Waals surface area contributed by atoms with Crippen molar-refractivity contribution in [3.05, 3.63) is 64.7 Å². The van der Waals surface area contributed by atoms with Crippen LogP contribution in [0.15, 0.2) is 42.5 Å². The van der Waals surface area contributed by atoms with Gasteiger partial charge in [0.25, 0.3) is 5.91 Å². The molecule has 2 aromatic rings. The fraction of sp³-hybridized carbons (Fsp3) is 0.235. The van der Waals surface area contributed by atoms with Crippen LogP contribution in [0.1, 0.15) is 40.0 Å². The van der Waals surface area contributed by atoms with Crippen molar-refractivity contribution in [2.45, 2.75) is 26.8 Å². The zero-order valence-electron chi connectivity index (χ0n) is 12.1. The molecule has 2 aromatic carbocycles. The minimum Gasteiger partial charge on any atom is -0.399 e. The van der Waals surface area contributed by atoms with Crippen LogP contribution in [0.25, 0.3) is 0 Å². The number of benzene rings is 2. The first-order valence-electron chi connectivity index (χ1n) is 6.71. The van der Waals surface area contributed by atoms with Crippen molar-refractivity contribution in [3.63, 3.8) is 0 Å². The quantitative estimate of drug-likeness (QED) is 0.838. The van der Waals surface area contributed by atoms with Crippen LogP contribution in [0.3, 0.4) is 0 Å². The summed E-state index contributed by atoms with van der Waals surface area (Å²) in [4.78, 5) is 12.3. The minimum atomic E-state index is -0.0520. The normalized spacial score (nSPS) is 11.9. The van der Waals surface area contributed by atoms with Gasteiger partial charge in [0.1, 0.15) is 0 Å². The van der Waals surface area contributed by atoms with E-state index in [4.69, 9.17) is 5.73 Å². The number of amides is 1. The van der Waals surface area contributed by atoms with Crippen LogP contribution >= 0.6 is 0 Å². The van der Waals surface area contributed by atoms with E-state index in [1.54, 1.807) is 0 Å². The van der Waals surface area contributed by atoms with Crippen molar-refractivity contribution >= 4 is 11.6 Å². The summed E-state index contributed by atoms with van der Waals surface area (Å²) in [6.45, 7) is 5.94. The van der Waals surface area contributed by atoms with Crippen molar-refractivity contribution in [1.29, 1.82) is 0 Å². The van der Waals surface area contributed by atoms with Gasteiger partial charge in [0, 0.05) is 11.3 Å². The molecule has 0 aromatic heterocycles. The van der Waals surface area contributed by atoms with E-state index < -0.39 is 0 Å². The van der Waals surface area contributed by atoms with E-state index in [0.29, 0.717) is 0 Å². The Bertz CT molecular complexity index is 617. The second-order valence-corrected chi connectivity index (χ2v) is 5.18. The highest BCUT2D eigenvalue weighted by Crippen LogP contribution is 2.16. The molecule has 2 rings (SSSR count). The average Bonchev–Trinajstić information content (AvgIpc) is 2.39. The lowest BCUT2D eigenvalue weighted by molar-refractivity contribution is 0.0939. The summed E-state index contributed by atoms with van der Waals surface area (Å²) >= 11 is 0. The van der Waals surface area contributed by atoms with Crippen molar-refractivity contribution in [2.75, 3.05) is 5.73 Å². The summed E-state index contributed by atoms with van der Waals surface area (Å²) in [5.74, 6) is -0.0492. The van der Waals surface area contributed by atoms with Crippen LogP contribution < -0.4 is 11.1 Å². The van der Waals surface area contributed by atoms with E-state index in [1.807, 2.05) is 63.2 Å². The molecule has 0 saturated carbocycles. The number of anilines is 1. The number of aryl methyl sites for hydroxylation is 2. The van der Waals surface area contributed by atoms with Crippen LogP contribution in [-0.2, 0) is 0 Å².